The summed E-state index contributed by atoms with van der Waals surface area (Å²) in [6.45, 7) is 2.90. The lowest BCUT2D eigenvalue weighted by Gasteiger charge is -2.32. The molecule has 0 atom stereocenters. The van der Waals surface area contributed by atoms with Crippen LogP contribution in [0.3, 0.4) is 0 Å². The minimum absolute atomic E-state index is 0.141. The lowest BCUT2D eigenvalue weighted by Crippen LogP contribution is -2.39. The lowest BCUT2D eigenvalue weighted by molar-refractivity contribution is 0.209. The second kappa shape index (κ2) is 6.52. The maximum absolute atomic E-state index is 5.58. The van der Waals surface area contributed by atoms with Gasteiger partial charge < -0.3 is 16.8 Å². The Balaban J connectivity index is 1.51. The quantitative estimate of drug-likeness (QED) is 0.747. The molecule has 0 saturated carbocycles. The van der Waals surface area contributed by atoms with Gasteiger partial charge in [0.25, 0.3) is 0 Å². The molecule has 8 nitrogen and oxygen atoms in total. The standard InChI is InChI=1S/C14H20N8/c15-12-19-13(16)21-14(20-12)18-10-4-7-22(8-5-10)9-11-3-1-2-6-17-11/h1-3,6,10H,4-5,7-9H2,(H5,15,16,18,19,20,21). The molecule has 22 heavy (non-hydrogen) atoms. The first-order chi connectivity index (χ1) is 10.7. The van der Waals surface area contributed by atoms with Gasteiger partial charge in [0, 0.05) is 31.9 Å². The molecule has 1 fully saturated rings. The SMILES string of the molecule is Nc1nc(N)nc(NC2CCN(Cc3ccccn3)CC2)n1. The highest BCUT2D eigenvalue weighted by atomic mass is 15.2. The van der Waals surface area contributed by atoms with Crippen molar-refractivity contribution in [3.8, 4) is 0 Å². The van der Waals surface area contributed by atoms with Crippen molar-refractivity contribution in [3.63, 3.8) is 0 Å². The molecule has 0 amide bonds. The maximum Gasteiger partial charge on any atom is 0.229 e. The summed E-state index contributed by atoms with van der Waals surface area (Å²) >= 11 is 0. The Morgan fingerprint density at radius 2 is 1.82 bits per heavy atom. The summed E-state index contributed by atoms with van der Waals surface area (Å²) in [5, 5.41) is 3.28. The smallest absolute Gasteiger partial charge is 0.229 e. The van der Waals surface area contributed by atoms with E-state index < -0.39 is 0 Å². The zero-order chi connectivity index (χ0) is 15.4. The monoisotopic (exact) mass is 300 g/mol. The van der Waals surface area contributed by atoms with Gasteiger partial charge in [-0.25, -0.2) is 0 Å². The van der Waals surface area contributed by atoms with Crippen molar-refractivity contribution < 1.29 is 0 Å². The molecule has 0 aliphatic carbocycles. The minimum Gasteiger partial charge on any atom is -0.368 e. The Morgan fingerprint density at radius 3 is 2.45 bits per heavy atom. The number of nitrogens with one attached hydrogen (secondary N) is 1. The Morgan fingerprint density at radius 1 is 1.09 bits per heavy atom. The molecule has 0 bridgehead atoms. The molecule has 8 heteroatoms. The molecule has 1 aliphatic heterocycles. The first-order valence-electron chi connectivity index (χ1n) is 7.35. The van der Waals surface area contributed by atoms with E-state index >= 15 is 0 Å². The van der Waals surface area contributed by atoms with Crippen LogP contribution in [0.2, 0.25) is 0 Å². The Hall–Kier alpha value is -2.48. The number of pyridine rings is 1. The average Bonchev–Trinajstić information content (AvgIpc) is 2.49. The molecular weight excluding hydrogens is 280 g/mol. The molecular formula is C14H20N8. The highest BCUT2D eigenvalue weighted by Crippen LogP contribution is 2.16. The van der Waals surface area contributed by atoms with Gasteiger partial charge in [-0.15, -0.1) is 0 Å². The van der Waals surface area contributed by atoms with Gasteiger partial charge in [0.1, 0.15) is 0 Å². The third kappa shape index (κ3) is 3.79. The van der Waals surface area contributed by atoms with Crippen LogP contribution in [0.5, 0.6) is 0 Å². The van der Waals surface area contributed by atoms with Crippen molar-refractivity contribution in [2.75, 3.05) is 29.9 Å². The molecule has 0 radical (unpaired) electrons. The van der Waals surface area contributed by atoms with Gasteiger partial charge in [-0.3, -0.25) is 9.88 Å². The average molecular weight is 300 g/mol. The van der Waals surface area contributed by atoms with E-state index in [4.69, 9.17) is 11.5 Å². The number of nitrogens with zero attached hydrogens (tertiary/aromatic N) is 5. The summed E-state index contributed by atoms with van der Waals surface area (Å²) in [7, 11) is 0. The molecule has 0 unspecified atom stereocenters. The van der Waals surface area contributed by atoms with Crippen LogP contribution in [0, 0.1) is 0 Å². The van der Waals surface area contributed by atoms with E-state index in [0.717, 1.165) is 38.2 Å². The molecule has 116 valence electrons. The maximum atomic E-state index is 5.58. The summed E-state index contributed by atoms with van der Waals surface area (Å²) in [4.78, 5) is 18.6. The molecule has 0 spiro atoms. The summed E-state index contributed by atoms with van der Waals surface area (Å²) in [6, 6.07) is 6.33. The van der Waals surface area contributed by atoms with Gasteiger partial charge in [-0.2, -0.15) is 15.0 Å². The molecule has 5 N–H and O–H groups in total. The zero-order valence-electron chi connectivity index (χ0n) is 12.3. The molecule has 2 aromatic rings. The first-order valence-corrected chi connectivity index (χ1v) is 7.35. The van der Waals surface area contributed by atoms with Crippen molar-refractivity contribution >= 4 is 17.8 Å². The number of hydrogen-bond donors (Lipinski definition) is 3. The molecule has 1 aliphatic rings. The molecule has 3 rings (SSSR count). The summed E-state index contributed by atoms with van der Waals surface area (Å²) in [5.74, 6) is 0.735. The highest BCUT2D eigenvalue weighted by molar-refractivity contribution is 5.37. The Kier molecular flexibility index (Phi) is 4.29. The highest BCUT2D eigenvalue weighted by Gasteiger charge is 2.20. The second-order valence-electron chi connectivity index (χ2n) is 5.39. The number of rotatable bonds is 4. The van der Waals surface area contributed by atoms with Gasteiger partial charge in [-0.05, 0) is 25.0 Å². The summed E-state index contributed by atoms with van der Waals surface area (Å²) in [5.41, 5.74) is 12.3. The van der Waals surface area contributed by atoms with Crippen LogP contribution in [-0.2, 0) is 6.54 Å². The van der Waals surface area contributed by atoms with Gasteiger partial charge >= 0.3 is 0 Å². The van der Waals surface area contributed by atoms with E-state index in [9.17, 15) is 0 Å². The summed E-state index contributed by atoms with van der Waals surface area (Å²) < 4.78 is 0. The number of piperidine rings is 1. The fraction of sp³-hybridized carbons (Fsp3) is 0.429. The predicted octanol–water partition coefficient (Wildman–Crippen LogP) is 0.507. The first kappa shape index (κ1) is 14.5. The van der Waals surface area contributed by atoms with E-state index in [2.05, 4.69) is 36.2 Å². The van der Waals surface area contributed by atoms with Crippen LogP contribution in [0.1, 0.15) is 18.5 Å². The zero-order valence-corrected chi connectivity index (χ0v) is 12.3. The van der Waals surface area contributed by atoms with Crippen molar-refractivity contribution in [2.24, 2.45) is 0 Å². The third-order valence-corrected chi connectivity index (χ3v) is 3.70. The largest absolute Gasteiger partial charge is 0.368 e. The lowest BCUT2D eigenvalue weighted by atomic mass is 10.1. The van der Waals surface area contributed by atoms with Crippen molar-refractivity contribution in [1.82, 2.24) is 24.8 Å². The minimum atomic E-state index is 0.141. The second-order valence-corrected chi connectivity index (χ2v) is 5.39. The number of nitrogens with two attached hydrogens (primary N) is 2. The van der Waals surface area contributed by atoms with Gasteiger partial charge in [0.2, 0.25) is 17.8 Å². The molecule has 0 aromatic carbocycles. The van der Waals surface area contributed by atoms with Crippen LogP contribution >= 0.6 is 0 Å². The van der Waals surface area contributed by atoms with Crippen molar-refractivity contribution in [1.29, 1.82) is 0 Å². The van der Waals surface area contributed by atoms with Crippen molar-refractivity contribution in [2.45, 2.75) is 25.4 Å². The molecule has 3 heterocycles. The van der Waals surface area contributed by atoms with Crippen molar-refractivity contribution in [3.05, 3.63) is 30.1 Å². The van der Waals surface area contributed by atoms with E-state index in [1.807, 2.05) is 18.3 Å². The number of anilines is 3. The topological polar surface area (TPSA) is 119 Å². The number of hydrogen-bond acceptors (Lipinski definition) is 8. The molecule has 1 saturated heterocycles. The normalized spacial score (nSPS) is 16.5. The molecule has 2 aromatic heterocycles. The van der Waals surface area contributed by atoms with Crippen LogP contribution in [-0.4, -0.2) is 44.0 Å². The van der Waals surface area contributed by atoms with Gasteiger partial charge in [0.05, 0.1) is 5.69 Å². The van der Waals surface area contributed by atoms with Crippen LogP contribution in [0.4, 0.5) is 17.8 Å². The Labute approximate surface area is 129 Å². The van der Waals surface area contributed by atoms with E-state index in [1.165, 1.54) is 0 Å². The van der Waals surface area contributed by atoms with Crippen LogP contribution in [0.25, 0.3) is 0 Å². The van der Waals surface area contributed by atoms with Crippen LogP contribution < -0.4 is 16.8 Å². The Bertz CT molecular complexity index is 589. The fourth-order valence-electron chi connectivity index (χ4n) is 2.61. The summed E-state index contributed by atoms with van der Waals surface area (Å²) in [6.07, 6.45) is 3.86. The van der Waals surface area contributed by atoms with E-state index in [0.29, 0.717) is 12.0 Å². The number of nitrogen functional groups attached to an aromatic ring is 2. The number of likely N-dealkylation sites (tertiary alicyclic amines) is 1. The van der Waals surface area contributed by atoms with E-state index in [-0.39, 0.29) is 11.9 Å². The van der Waals surface area contributed by atoms with E-state index in [1.54, 1.807) is 0 Å². The third-order valence-electron chi connectivity index (χ3n) is 3.70. The van der Waals surface area contributed by atoms with Gasteiger partial charge in [0.15, 0.2) is 0 Å². The number of aromatic nitrogens is 4. The predicted molar refractivity (Wildman–Crippen MR) is 84.8 cm³/mol. The van der Waals surface area contributed by atoms with Gasteiger partial charge in [-0.1, -0.05) is 6.07 Å². The van der Waals surface area contributed by atoms with Crippen LogP contribution in [0.15, 0.2) is 24.4 Å². The fourth-order valence-corrected chi connectivity index (χ4v) is 2.61.